The molecule has 0 aromatic heterocycles. The molecule has 1 atom stereocenters. The van der Waals surface area contributed by atoms with E-state index >= 15 is 0 Å². The molecule has 1 amide bonds. The van der Waals surface area contributed by atoms with Crippen LogP contribution in [0.2, 0.25) is 10.0 Å². The van der Waals surface area contributed by atoms with E-state index in [1.807, 2.05) is 5.32 Å². The van der Waals surface area contributed by atoms with E-state index in [9.17, 15) is 18.3 Å². The van der Waals surface area contributed by atoms with Crippen LogP contribution >= 0.6 is 23.2 Å². The fourth-order valence-corrected chi connectivity index (χ4v) is 3.47. The molecule has 0 heterocycles. The molecule has 1 aromatic carbocycles. The minimum Gasteiger partial charge on any atom is -0.465 e. The van der Waals surface area contributed by atoms with Crippen LogP contribution in [-0.2, 0) is 10.0 Å². The molecular formula is C11H14Cl2N2O5S. The van der Waals surface area contributed by atoms with Crippen LogP contribution in [0.15, 0.2) is 23.1 Å². The Bertz CT molecular complexity index is 623. The molecule has 7 nitrogen and oxygen atoms in total. The molecule has 1 rings (SSSR count). The van der Waals surface area contributed by atoms with E-state index in [1.165, 1.54) is 25.2 Å². The molecule has 0 bridgehead atoms. The lowest BCUT2D eigenvalue weighted by Crippen LogP contribution is -2.40. The van der Waals surface area contributed by atoms with E-state index in [1.54, 1.807) is 0 Å². The molecule has 0 aliphatic heterocycles. The second kappa shape index (κ2) is 7.28. The van der Waals surface area contributed by atoms with E-state index < -0.39 is 22.2 Å². The molecule has 1 unspecified atom stereocenters. The van der Waals surface area contributed by atoms with Gasteiger partial charge in [-0.05, 0) is 18.2 Å². The summed E-state index contributed by atoms with van der Waals surface area (Å²) in [6, 6.07) is 3.95. The van der Waals surface area contributed by atoms with Crippen LogP contribution in [0.3, 0.4) is 0 Å². The molecule has 1 aromatic rings. The number of aliphatic hydroxyl groups excluding tert-OH is 1. The van der Waals surface area contributed by atoms with E-state index in [0.717, 1.165) is 4.31 Å². The minimum atomic E-state index is -3.91. The Labute approximate surface area is 132 Å². The third-order valence-corrected chi connectivity index (χ3v) is 5.08. The number of rotatable bonds is 6. The molecule has 10 heteroatoms. The number of hydrogen-bond acceptors (Lipinski definition) is 4. The summed E-state index contributed by atoms with van der Waals surface area (Å²) in [6.07, 6.45) is -2.49. The largest absolute Gasteiger partial charge is 0.465 e. The van der Waals surface area contributed by atoms with Crippen molar-refractivity contribution in [2.75, 3.05) is 20.1 Å². The normalized spacial score (nSPS) is 13.2. The lowest BCUT2D eigenvalue weighted by atomic mass is 10.3. The van der Waals surface area contributed by atoms with Crippen LogP contribution < -0.4 is 5.32 Å². The first-order chi connectivity index (χ1) is 9.64. The zero-order valence-corrected chi connectivity index (χ0v) is 13.3. The summed E-state index contributed by atoms with van der Waals surface area (Å²) in [5.74, 6) is 0. The highest BCUT2D eigenvalue weighted by Crippen LogP contribution is 2.27. The predicted molar refractivity (Wildman–Crippen MR) is 78.3 cm³/mol. The van der Waals surface area contributed by atoms with Crippen LogP contribution in [0.1, 0.15) is 0 Å². The highest BCUT2D eigenvalue weighted by molar-refractivity contribution is 7.89. The van der Waals surface area contributed by atoms with Gasteiger partial charge in [-0.1, -0.05) is 23.2 Å². The van der Waals surface area contributed by atoms with Gasteiger partial charge in [-0.2, -0.15) is 4.31 Å². The number of carbonyl (C=O) groups is 1. The molecule has 0 spiro atoms. The van der Waals surface area contributed by atoms with Crippen molar-refractivity contribution in [3.63, 3.8) is 0 Å². The number of amides is 1. The predicted octanol–water partition coefficient (Wildman–Crippen LogP) is 1.24. The Kier molecular flexibility index (Phi) is 6.24. The summed E-state index contributed by atoms with van der Waals surface area (Å²) < 4.78 is 25.5. The Balaban J connectivity index is 2.84. The SMILES string of the molecule is CN(CC(O)CNC(=O)O)S(=O)(=O)c1ccc(Cl)cc1Cl. The van der Waals surface area contributed by atoms with Crippen LogP contribution in [-0.4, -0.2) is 55.3 Å². The maximum absolute atomic E-state index is 12.3. The number of nitrogens with zero attached hydrogens (tertiary/aromatic N) is 1. The number of halogens is 2. The first-order valence-corrected chi connectivity index (χ1v) is 7.90. The first kappa shape index (κ1) is 18.0. The molecule has 3 N–H and O–H groups in total. The zero-order valence-electron chi connectivity index (χ0n) is 11.0. The van der Waals surface area contributed by atoms with Gasteiger partial charge < -0.3 is 15.5 Å². The van der Waals surface area contributed by atoms with Crippen molar-refractivity contribution in [1.29, 1.82) is 0 Å². The number of nitrogens with one attached hydrogen (secondary N) is 1. The number of sulfonamides is 1. The molecule has 0 aliphatic rings. The number of carboxylic acid groups (broad SMARTS) is 1. The first-order valence-electron chi connectivity index (χ1n) is 5.71. The number of hydrogen-bond donors (Lipinski definition) is 3. The van der Waals surface area contributed by atoms with Gasteiger partial charge in [0.1, 0.15) is 4.90 Å². The van der Waals surface area contributed by atoms with Gasteiger partial charge in [-0.25, -0.2) is 13.2 Å². The summed E-state index contributed by atoms with van der Waals surface area (Å²) in [6.45, 7) is -0.578. The minimum absolute atomic E-state index is 0.0347. The average molecular weight is 357 g/mol. The fourth-order valence-electron chi connectivity index (χ4n) is 1.52. The smallest absolute Gasteiger partial charge is 0.404 e. The van der Waals surface area contributed by atoms with Crippen molar-refractivity contribution >= 4 is 39.3 Å². The molecule has 0 radical (unpaired) electrons. The van der Waals surface area contributed by atoms with E-state index in [-0.39, 0.29) is 23.0 Å². The molecule has 0 aliphatic carbocycles. The quantitative estimate of drug-likeness (QED) is 0.710. The van der Waals surface area contributed by atoms with Crippen molar-refractivity contribution in [3.05, 3.63) is 28.2 Å². The third kappa shape index (κ3) is 5.01. The van der Waals surface area contributed by atoms with Gasteiger partial charge in [0, 0.05) is 25.2 Å². The second-order valence-corrected chi connectivity index (χ2v) is 7.06. The Hall–Kier alpha value is -1.06. The molecule has 118 valence electrons. The Morgan fingerprint density at radius 2 is 2.05 bits per heavy atom. The fraction of sp³-hybridized carbons (Fsp3) is 0.364. The lowest BCUT2D eigenvalue weighted by Gasteiger charge is -2.21. The maximum atomic E-state index is 12.3. The summed E-state index contributed by atoms with van der Waals surface area (Å²) in [5, 5.41) is 20.2. The van der Waals surface area contributed by atoms with Crippen molar-refractivity contribution in [2.24, 2.45) is 0 Å². The Morgan fingerprint density at radius 3 is 2.57 bits per heavy atom. The molecule has 0 saturated carbocycles. The van der Waals surface area contributed by atoms with Crippen LogP contribution in [0.25, 0.3) is 0 Å². The highest BCUT2D eigenvalue weighted by Gasteiger charge is 2.25. The van der Waals surface area contributed by atoms with Gasteiger partial charge in [-0.15, -0.1) is 0 Å². The number of likely N-dealkylation sites (N-methyl/N-ethyl adjacent to an activating group) is 1. The standard InChI is InChI=1S/C11H14Cl2N2O5S/c1-15(6-8(16)5-14-11(17)18)21(19,20)10-3-2-7(12)4-9(10)13/h2-4,8,14,16H,5-6H2,1H3,(H,17,18). The van der Waals surface area contributed by atoms with Crippen LogP contribution in [0.4, 0.5) is 4.79 Å². The summed E-state index contributed by atoms with van der Waals surface area (Å²) in [4.78, 5) is 10.2. The summed E-state index contributed by atoms with van der Waals surface area (Å²) in [5.41, 5.74) is 0. The number of aliphatic hydroxyl groups is 1. The van der Waals surface area contributed by atoms with Crippen molar-refractivity contribution in [3.8, 4) is 0 Å². The van der Waals surface area contributed by atoms with Gasteiger partial charge in [0.05, 0.1) is 11.1 Å². The molecular weight excluding hydrogens is 343 g/mol. The molecule has 0 fully saturated rings. The van der Waals surface area contributed by atoms with Gasteiger partial charge in [0.15, 0.2) is 0 Å². The summed E-state index contributed by atoms with van der Waals surface area (Å²) in [7, 11) is -2.66. The Morgan fingerprint density at radius 1 is 1.43 bits per heavy atom. The van der Waals surface area contributed by atoms with Crippen molar-refractivity contribution < 1.29 is 23.4 Å². The topological polar surface area (TPSA) is 107 Å². The molecule has 0 saturated heterocycles. The van der Waals surface area contributed by atoms with Gasteiger partial charge in [-0.3, -0.25) is 0 Å². The van der Waals surface area contributed by atoms with Gasteiger partial charge in [0.2, 0.25) is 10.0 Å². The second-order valence-electron chi connectivity index (χ2n) is 4.20. The van der Waals surface area contributed by atoms with Crippen LogP contribution in [0, 0.1) is 0 Å². The third-order valence-electron chi connectivity index (χ3n) is 2.54. The van der Waals surface area contributed by atoms with Gasteiger partial charge in [0.25, 0.3) is 0 Å². The maximum Gasteiger partial charge on any atom is 0.404 e. The average Bonchev–Trinajstić information content (AvgIpc) is 2.35. The molecule has 21 heavy (non-hydrogen) atoms. The monoisotopic (exact) mass is 356 g/mol. The highest BCUT2D eigenvalue weighted by atomic mass is 35.5. The van der Waals surface area contributed by atoms with Crippen LogP contribution in [0.5, 0.6) is 0 Å². The zero-order chi connectivity index (χ0) is 16.2. The summed E-state index contributed by atoms with van der Waals surface area (Å²) >= 11 is 11.6. The van der Waals surface area contributed by atoms with E-state index in [2.05, 4.69) is 0 Å². The lowest BCUT2D eigenvalue weighted by molar-refractivity contribution is 0.142. The van der Waals surface area contributed by atoms with Crippen molar-refractivity contribution in [1.82, 2.24) is 9.62 Å². The van der Waals surface area contributed by atoms with Gasteiger partial charge >= 0.3 is 6.09 Å². The van der Waals surface area contributed by atoms with Crippen molar-refractivity contribution in [2.45, 2.75) is 11.0 Å². The van der Waals surface area contributed by atoms with E-state index in [4.69, 9.17) is 28.3 Å². The van der Waals surface area contributed by atoms with E-state index in [0.29, 0.717) is 5.02 Å². The number of benzene rings is 1.